The molecule has 10 nitrogen and oxygen atoms in total. The number of nitrogens with one attached hydrogen (secondary N) is 1. The number of aromatic nitrogens is 4. The summed E-state index contributed by atoms with van der Waals surface area (Å²) in [4.78, 5) is 18.2. The number of amides is 1. The zero-order chi connectivity index (χ0) is 25.5. The van der Waals surface area contributed by atoms with Gasteiger partial charge in [0.05, 0.1) is 17.6 Å². The summed E-state index contributed by atoms with van der Waals surface area (Å²) in [6, 6.07) is 10.9. The third-order valence-electron chi connectivity index (χ3n) is 8.25. The number of piperidine rings is 2. The van der Waals surface area contributed by atoms with E-state index in [1.165, 1.54) is 0 Å². The predicted molar refractivity (Wildman–Crippen MR) is 138 cm³/mol. The fraction of sp³-hybridized carbons (Fsp3) is 0.481. The number of para-hydroxylation sites is 1. The SMILES string of the molecule is Cn1ccc(OC2(C(=O)N3CCC4(CC3)CNC4)CCN(c3cnnc(-c4ccccc4O)c3)CC2)n1. The van der Waals surface area contributed by atoms with E-state index in [0.29, 0.717) is 48.5 Å². The summed E-state index contributed by atoms with van der Waals surface area (Å²) < 4.78 is 8.14. The first kappa shape index (κ1) is 23.7. The largest absolute Gasteiger partial charge is 0.507 e. The second kappa shape index (κ2) is 9.33. The van der Waals surface area contributed by atoms with Gasteiger partial charge >= 0.3 is 0 Å². The van der Waals surface area contributed by atoms with Gasteiger partial charge in [0.1, 0.15) is 5.75 Å². The minimum atomic E-state index is -0.950. The van der Waals surface area contributed by atoms with E-state index in [1.54, 1.807) is 23.0 Å². The lowest BCUT2D eigenvalue weighted by atomic mass is 9.73. The normalized spacial score (nSPS) is 20.5. The lowest BCUT2D eigenvalue weighted by Gasteiger charge is -2.50. The van der Waals surface area contributed by atoms with Crippen LogP contribution in [0.25, 0.3) is 11.3 Å². The number of ether oxygens (including phenoxy) is 1. The Hall–Kier alpha value is -3.66. The van der Waals surface area contributed by atoms with Crippen molar-refractivity contribution in [3.63, 3.8) is 0 Å². The van der Waals surface area contributed by atoms with Gasteiger partial charge in [-0.15, -0.1) is 5.10 Å². The molecule has 0 atom stereocenters. The molecular weight excluding hydrogens is 470 g/mol. The molecule has 2 N–H and O–H groups in total. The Morgan fingerprint density at radius 3 is 2.46 bits per heavy atom. The van der Waals surface area contributed by atoms with Crippen molar-refractivity contribution in [2.45, 2.75) is 31.3 Å². The number of hydrogen-bond donors (Lipinski definition) is 2. The van der Waals surface area contributed by atoms with Crippen molar-refractivity contribution < 1.29 is 14.6 Å². The molecular formula is C27H33N7O3. The second-order valence-electron chi connectivity index (χ2n) is 10.6. The highest BCUT2D eigenvalue weighted by atomic mass is 16.5. The average Bonchev–Trinajstić information content (AvgIpc) is 3.32. The number of phenolic OH excluding ortho intramolecular Hbond substituents is 1. The first-order valence-electron chi connectivity index (χ1n) is 13.0. The number of nitrogens with zero attached hydrogens (tertiary/aromatic N) is 6. The van der Waals surface area contributed by atoms with Crippen molar-refractivity contribution in [1.82, 2.24) is 30.2 Å². The third-order valence-corrected chi connectivity index (χ3v) is 8.25. The van der Waals surface area contributed by atoms with Crippen molar-refractivity contribution in [2.75, 3.05) is 44.2 Å². The summed E-state index contributed by atoms with van der Waals surface area (Å²) in [5.41, 5.74) is 1.58. The van der Waals surface area contributed by atoms with Crippen LogP contribution in [0.5, 0.6) is 11.6 Å². The maximum Gasteiger partial charge on any atom is 0.266 e. The number of carbonyl (C=O) groups is 1. The van der Waals surface area contributed by atoms with Crippen LogP contribution in [-0.4, -0.2) is 80.8 Å². The zero-order valence-electron chi connectivity index (χ0n) is 21.1. The fourth-order valence-corrected chi connectivity index (χ4v) is 5.79. The minimum Gasteiger partial charge on any atom is -0.507 e. The van der Waals surface area contributed by atoms with Crippen LogP contribution in [0.1, 0.15) is 25.7 Å². The minimum absolute atomic E-state index is 0.0719. The first-order chi connectivity index (χ1) is 18.0. The number of benzene rings is 1. The molecule has 3 fully saturated rings. The number of hydrogen-bond acceptors (Lipinski definition) is 8. The van der Waals surface area contributed by atoms with Gasteiger partial charge in [0.15, 0.2) is 5.60 Å². The first-order valence-corrected chi connectivity index (χ1v) is 13.0. The van der Waals surface area contributed by atoms with E-state index >= 15 is 0 Å². The molecule has 5 heterocycles. The molecule has 194 valence electrons. The highest BCUT2D eigenvalue weighted by Crippen LogP contribution is 2.38. The lowest BCUT2D eigenvalue weighted by molar-refractivity contribution is -0.153. The molecule has 3 saturated heterocycles. The van der Waals surface area contributed by atoms with Crippen LogP contribution < -0.4 is 15.0 Å². The van der Waals surface area contributed by atoms with Gasteiger partial charge in [-0.25, -0.2) is 0 Å². The highest BCUT2D eigenvalue weighted by Gasteiger charge is 2.49. The molecule has 0 bridgehead atoms. The quantitative estimate of drug-likeness (QED) is 0.546. The van der Waals surface area contributed by atoms with E-state index in [2.05, 4.69) is 25.5 Å². The number of rotatable bonds is 5. The third kappa shape index (κ3) is 4.50. The van der Waals surface area contributed by atoms with Crippen LogP contribution in [0.15, 0.2) is 48.8 Å². The van der Waals surface area contributed by atoms with Gasteiger partial charge < -0.3 is 25.0 Å². The van der Waals surface area contributed by atoms with Crippen LogP contribution in [0.2, 0.25) is 0 Å². The van der Waals surface area contributed by atoms with Crippen LogP contribution in [-0.2, 0) is 11.8 Å². The molecule has 2 aromatic heterocycles. The molecule has 6 rings (SSSR count). The van der Waals surface area contributed by atoms with Crippen LogP contribution in [0.4, 0.5) is 5.69 Å². The van der Waals surface area contributed by atoms with Crippen LogP contribution in [0.3, 0.4) is 0 Å². The Bertz CT molecular complexity index is 1270. The Labute approximate surface area is 216 Å². The van der Waals surface area contributed by atoms with Crippen molar-refractivity contribution in [3.05, 3.63) is 48.8 Å². The zero-order valence-corrected chi connectivity index (χ0v) is 21.1. The summed E-state index contributed by atoms with van der Waals surface area (Å²) in [7, 11) is 1.85. The number of aromatic hydroxyl groups is 1. The molecule has 0 saturated carbocycles. The molecule has 0 radical (unpaired) electrons. The summed E-state index contributed by atoms with van der Waals surface area (Å²) in [6.45, 7) is 4.93. The second-order valence-corrected chi connectivity index (χ2v) is 10.6. The van der Waals surface area contributed by atoms with E-state index in [1.807, 2.05) is 42.4 Å². The Morgan fingerprint density at radius 1 is 1.05 bits per heavy atom. The molecule has 0 unspecified atom stereocenters. The summed E-state index contributed by atoms with van der Waals surface area (Å²) in [5.74, 6) is 0.720. The lowest BCUT2D eigenvalue weighted by Crippen LogP contribution is -2.63. The maximum absolute atomic E-state index is 14.0. The summed E-state index contributed by atoms with van der Waals surface area (Å²) >= 11 is 0. The van der Waals surface area contributed by atoms with Crippen molar-refractivity contribution >= 4 is 11.6 Å². The number of carbonyl (C=O) groups excluding carboxylic acids is 1. The molecule has 10 heteroatoms. The van der Waals surface area contributed by atoms with E-state index in [9.17, 15) is 9.90 Å². The van der Waals surface area contributed by atoms with Gasteiger partial charge in [-0.1, -0.05) is 12.1 Å². The molecule has 37 heavy (non-hydrogen) atoms. The number of anilines is 1. The smallest absolute Gasteiger partial charge is 0.266 e. The topological polar surface area (TPSA) is 109 Å². The predicted octanol–water partition coefficient (Wildman–Crippen LogP) is 2.21. The van der Waals surface area contributed by atoms with Gasteiger partial charge in [0.2, 0.25) is 5.88 Å². The molecule has 1 amide bonds. The summed E-state index contributed by atoms with van der Waals surface area (Å²) in [5, 5.41) is 26.5. The molecule has 3 aliphatic heterocycles. The van der Waals surface area contributed by atoms with Gasteiger partial charge in [-0.2, -0.15) is 10.2 Å². The van der Waals surface area contributed by atoms with Crippen molar-refractivity contribution in [3.8, 4) is 22.9 Å². The van der Waals surface area contributed by atoms with E-state index in [-0.39, 0.29) is 11.7 Å². The fourth-order valence-electron chi connectivity index (χ4n) is 5.79. The number of phenols is 1. The maximum atomic E-state index is 14.0. The number of aryl methyl sites for hydroxylation is 1. The summed E-state index contributed by atoms with van der Waals surface area (Å²) in [6.07, 6.45) is 6.72. The Balaban J connectivity index is 1.21. The number of likely N-dealkylation sites (tertiary alicyclic amines) is 1. The van der Waals surface area contributed by atoms with Crippen molar-refractivity contribution in [1.29, 1.82) is 0 Å². The molecule has 0 aliphatic carbocycles. The van der Waals surface area contributed by atoms with Crippen LogP contribution in [0, 0.1) is 5.41 Å². The van der Waals surface area contributed by atoms with Crippen molar-refractivity contribution in [2.24, 2.45) is 12.5 Å². The average molecular weight is 504 g/mol. The molecule has 3 aromatic rings. The van der Waals surface area contributed by atoms with Gasteiger partial charge in [0, 0.05) is 77.0 Å². The van der Waals surface area contributed by atoms with Gasteiger partial charge in [-0.05, 0) is 36.5 Å². The van der Waals surface area contributed by atoms with Gasteiger partial charge in [-0.3, -0.25) is 9.48 Å². The standard InChI is InChI=1S/C27H33N7O3/c1-32-11-6-24(31-32)37-27(25(36)34-12-7-26(8-13-34)18-28-19-26)9-14-33(15-10-27)20-16-22(30-29-17-20)21-4-2-3-5-23(21)35/h2-6,11,16-17,28,35H,7-10,12-15,18-19H2,1H3. The monoisotopic (exact) mass is 503 g/mol. The van der Waals surface area contributed by atoms with E-state index in [4.69, 9.17) is 4.74 Å². The molecule has 3 aliphatic rings. The van der Waals surface area contributed by atoms with Crippen LogP contribution >= 0.6 is 0 Å². The van der Waals surface area contributed by atoms with E-state index < -0.39 is 5.60 Å². The molecule has 1 aromatic carbocycles. The molecule has 1 spiro atoms. The highest BCUT2D eigenvalue weighted by molar-refractivity contribution is 5.86. The van der Waals surface area contributed by atoms with Gasteiger partial charge in [0.25, 0.3) is 5.91 Å². The Kier molecular flexibility index (Phi) is 5.98. The Morgan fingerprint density at radius 2 is 1.81 bits per heavy atom. The van der Waals surface area contributed by atoms with E-state index in [0.717, 1.165) is 44.7 Å².